The summed E-state index contributed by atoms with van der Waals surface area (Å²) in [5, 5.41) is 0. The van der Waals surface area contributed by atoms with E-state index in [1.54, 1.807) is 0 Å². The quantitative estimate of drug-likeness (QED) is 0.696. The van der Waals surface area contributed by atoms with E-state index in [1.807, 2.05) is 25.1 Å². The number of halogens is 1. The van der Waals surface area contributed by atoms with Crippen molar-refractivity contribution in [2.45, 2.75) is 57.5 Å². The molecule has 3 rings (SSSR count). The molecule has 1 aliphatic carbocycles. The summed E-state index contributed by atoms with van der Waals surface area (Å²) in [6, 6.07) is 6.02. The number of Topliss-reactive ketones (excluding diaryl/α,β-unsaturated/α-hetero) is 1. The van der Waals surface area contributed by atoms with E-state index >= 15 is 0 Å². The topological polar surface area (TPSA) is 26.3 Å². The molecule has 2 aliphatic rings. The van der Waals surface area contributed by atoms with Crippen LogP contribution in [0, 0.1) is 12.8 Å². The van der Waals surface area contributed by atoms with Gasteiger partial charge in [0.05, 0.1) is 5.60 Å². The van der Waals surface area contributed by atoms with Crippen LogP contribution in [0.3, 0.4) is 0 Å². The first-order chi connectivity index (χ1) is 10.1. The molecular weight excluding hydrogens is 328 g/mol. The zero-order valence-corrected chi connectivity index (χ0v) is 14.2. The van der Waals surface area contributed by atoms with Crippen molar-refractivity contribution in [3.05, 3.63) is 33.8 Å². The Balaban J connectivity index is 1.77. The predicted molar refractivity (Wildman–Crippen MR) is 87.7 cm³/mol. The molecule has 1 heterocycles. The Morgan fingerprint density at radius 2 is 2.05 bits per heavy atom. The van der Waals surface area contributed by atoms with E-state index in [9.17, 15) is 4.79 Å². The molecule has 114 valence electrons. The molecule has 0 amide bonds. The fourth-order valence-electron chi connectivity index (χ4n) is 3.84. The van der Waals surface area contributed by atoms with Gasteiger partial charge in [0.25, 0.3) is 0 Å². The molecule has 2 nitrogen and oxygen atoms in total. The molecule has 1 aromatic rings. The van der Waals surface area contributed by atoms with Crippen molar-refractivity contribution in [1.82, 2.24) is 0 Å². The third kappa shape index (κ3) is 3.24. The van der Waals surface area contributed by atoms with E-state index in [0.29, 0.717) is 0 Å². The van der Waals surface area contributed by atoms with Gasteiger partial charge in [-0.05, 0) is 50.3 Å². The largest absolute Gasteiger partial charge is 0.375 e. The van der Waals surface area contributed by atoms with Crippen LogP contribution in [0.5, 0.6) is 0 Å². The number of rotatable bonds is 2. The average molecular weight is 351 g/mol. The zero-order valence-electron chi connectivity index (χ0n) is 12.7. The summed E-state index contributed by atoms with van der Waals surface area (Å²) in [6.45, 7) is 2.78. The lowest BCUT2D eigenvalue weighted by atomic mass is 9.74. The van der Waals surface area contributed by atoms with Crippen LogP contribution in [0.15, 0.2) is 22.7 Å². The second-order valence-corrected chi connectivity index (χ2v) is 7.48. The number of carbonyl (C=O) groups excluding carboxylic acids is 1. The van der Waals surface area contributed by atoms with Crippen LogP contribution in [0.2, 0.25) is 0 Å². The van der Waals surface area contributed by atoms with Crippen LogP contribution in [0.25, 0.3) is 0 Å². The third-order valence-electron chi connectivity index (χ3n) is 5.02. The van der Waals surface area contributed by atoms with Crippen LogP contribution in [0.4, 0.5) is 0 Å². The maximum atomic E-state index is 12.9. The summed E-state index contributed by atoms with van der Waals surface area (Å²) in [5.41, 5.74) is 2.00. The lowest BCUT2D eigenvalue weighted by Crippen LogP contribution is -2.43. The van der Waals surface area contributed by atoms with Crippen LogP contribution in [0.1, 0.15) is 60.9 Å². The average Bonchev–Trinajstić information content (AvgIpc) is 2.47. The van der Waals surface area contributed by atoms with Gasteiger partial charge in [-0.2, -0.15) is 0 Å². The Morgan fingerprint density at radius 1 is 1.29 bits per heavy atom. The van der Waals surface area contributed by atoms with E-state index in [-0.39, 0.29) is 17.3 Å². The number of ketones is 1. The van der Waals surface area contributed by atoms with Gasteiger partial charge in [-0.3, -0.25) is 4.79 Å². The van der Waals surface area contributed by atoms with E-state index < -0.39 is 0 Å². The monoisotopic (exact) mass is 350 g/mol. The maximum absolute atomic E-state index is 12.9. The lowest BCUT2D eigenvalue weighted by molar-refractivity contribution is -0.111. The standard InChI is InChI=1S/C18H23BrO2/c1-13-5-6-15(16(19)11-13)17(20)14-7-10-21-18(12-14)8-3-2-4-9-18/h5-6,11,14H,2-4,7-10,12H2,1H3. The van der Waals surface area contributed by atoms with Gasteiger partial charge < -0.3 is 4.74 Å². The highest BCUT2D eigenvalue weighted by Gasteiger charge is 2.41. The number of hydrogen-bond donors (Lipinski definition) is 0. The molecule has 3 heteroatoms. The first kappa shape index (κ1) is 15.2. The molecule has 1 saturated carbocycles. The van der Waals surface area contributed by atoms with Gasteiger partial charge in [0.2, 0.25) is 0 Å². The van der Waals surface area contributed by atoms with Crippen molar-refractivity contribution < 1.29 is 9.53 Å². The smallest absolute Gasteiger partial charge is 0.167 e. The molecule has 1 unspecified atom stereocenters. The number of ether oxygens (including phenoxy) is 1. The summed E-state index contributed by atoms with van der Waals surface area (Å²) in [4.78, 5) is 12.9. The molecule has 0 radical (unpaired) electrons. The van der Waals surface area contributed by atoms with Crippen molar-refractivity contribution in [2.75, 3.05) is 6.61 Å². The Morgan fingerprint density at radius 3 is 2.76 bits per heavy atom. The van der Waals surface area contributed by atoms with Crippen molar-refractivity contribution in [3.8, 4) is 0 Å². The molecule has 1 spiro atoms. The maximum Gasteiger partial charge on any atom is 0.167 e. The highest BCUT2D eigenvalue weighted by atomic mass is 79.9. The molecule has 1 atom stereocenters. The number of hydrogen-bond acceptors (Lipinski definition) is 2. The molecule has 21 heavy (non-hydrogen) atoms. The highest BCUT2D eigenvalue weighted by Crippen LogP contribution is 2.41. The SMILES string of the molecule is Cc1ccc(C(=O)C2CCOC3(CCCCC3)C2)c(Br)c1. The van der Waals surface area contributed by atoms with Gasteiger partial charge in [-0.1, -0.05) is 41.3 Å². The van der Waals surface area contributed by atoms with Crippen molar-refractivity contribution in [2.24, 2.45) is 5.92 Å². The normalized spacial score (nSPS) is 25.0. The zero-order chi connectivity index (χ0) is 14.9. The predicted octanol–water partition coefficient (Wildman–Crippen LogP) is 5.07. The molecule has 1 aliphatic heterocycles. The third-order valence-corrected chi connectivity index (χ3v) is 5.67. The summed E-state index contributed by atoms with van der Waals surface area (Å²) in [6.07, 6.45) is 7.84. The Kier molecular flexibility index (Phi) is 4.51. The fraction of sp³-hybridized carbons (Fsp3) is 0.611. The highest BCUT2D eigenvalue weighted by molar-refractivity contribution is 9.10. The summed E-state index contributed by atoms with van der Waals surface area (Å²) in [5.74, 6) is 0.408. The number of benzene rings is 1. The molecule has 1 saturated heterocycles. The Hall–Kier alpha value is -0.670. The molecule has 2 fully saturated rings. The molecule has 0 aromatic heterocycles. The van der Waals surface area contributed by atoms with Gasteiger partial charge in [-0.25, -0.2) is 0 Å². The Labute approximate surface area is 135 Å². The van der Waals surface area contributed by atoms with Gasteiger partial charge in [-0.15, -0.1) is 0 Å². The number of aryl methyl sites for hydroxylation is 1. The van der Waals surface area contributed by atoms with Gasteiger partial charge in [0.15, 0.2) is 5.78 Å². The summed E-state index contributed by atoms with van der Waals surface area (Å²) < 4.78 is 7.04. The van der Waals surface area contributed by atoms with E-state index in [1.165, 1.54) is 24.8 Å². The molecule has 1 aromatic carbocycles. The van der Waals surface area contributed by atoms with Crippen LogP contribution >= 0.6 is 15.9 Å². The van der Waals surface area contributed by atoms with Gasteiger partial charge in [0, 0.05) is 22.6 Å². The summed E-state index contributed by atoms with van der Waals surface area (Å²) >= 11 is 3.55. The minimum atomic E-state index is -0.00595. The van der Waals surface area contributed by atoms with E-state index in [4.69, 9.17) is 4.74 Å². The first-order valence-electron chi connectivity index (χ1n) is 8.04. The van der Waals surface area contributed by atoms with Crippen LogP contribution < -0.4 is 0 Å². The summed E-state index contributed by atoms with van der Waals surface area (Å²) in [7, 11) is 0. The minimum Gasteiger partial charge on any atom is -0.375 e. The Bertz CT molecular complexity index is 527. The lowest BCUT2D eigenvalue weighted by Gasteiger charge is -2.43. The second kappa shape index (κ2) is 6.21. The fourth-order valence-corrected chi connectivity index (χ4v) is 4.52. The molecule has 0 bridgehead atoms. The minimum absolute atomic E-state index is 0.00595. The second-order valence-electron chi connectivity index (χ2n) is 6.63. The van der Waals surface area contributed by atoms with Crippen molar-refractivity contribution in [1.29, 1.82) is 0 Å². The van der Waals surface area contributed by atoms with E-state index in [2.05, 4.69) is 15.9 Å². The van der Waals surface area contributed by atoms with Crippen molar-refractivity contribution in [3.63, 3.8) is 0 Å². The molecule has 0 N–H and O–H groups in total. The van der Waals surface area contributed by atoms with Crippen LogP contribution in [-0.2, 0) is 4.74 Å². The van der Waals surface area contributed by atoms with Gasteiger partial charge >= 0.3 is 0 Å². The molecular formula is C18H23BrO2. The van der Waals surface area contributed by atoms with Crippen molar-refractivity contribution >= 4 is 21.7 Å². The van der Waals surface area contributed by atoms with E-state index in [0.717, 1.165) is 42.3 Å². The number of carbonyl (C=O) groups is 1. The van der Waals surface area contributed by atoms with Crippen LogP contribution in [-0.4, -0.2) is 18.0 Å². The first-order valence-corrected chi connectivity index (χ1v) is 8.83. The van der Waals surface area contributed by atoms with Gasteiger partial charge in [0.1, 0.15) is 0 Å².